The molecule has 1 aliphatic heterocycles. The number of hydrogen-bond acceptors (Lipinski definition) is 3. The molecule has 0 radical (unpaired) electrons. The molecular weight excluding hydrogens is 280 g/mol. The summed E-state index contributed by atoms with van der Waals surface area (Å²) >= 11 is 0. The Kier molecular flexibility index (Phi) is 5.35. The first kappa shape index (κ1) is 17.1. The number of nitrogens with one attached hydrogen (secondary N) is 1. The highest BCUT2D eigenvalue weighted by atomic mass is 16.6. The molecule has 0 bridgehead atoms. The van der Waals surface area contributed by atoms with Crippen molar-refractivity contribution in [2.24, 2.45) is 5.92 Å². The second-order valence-electron chi connectivity index (χ2n) is 7.80. The predicted molar refractivity (Wildman–Crippen MR) is 85.5 cm³/mol. The summed E-state index contributed by atoms with van der Waals surface area (Å²) in [4.78, 5) is 26.3. The van der Waals surface area contributed by atoms with Crippen LogP contribution < -0.4 is 5.32 Å². The molecule has 5 nitrogen and oxygen atoms in total. The van der Waals surface area contributed by atoms with Gasteiger partial charge < -0.3 is 10.1 Å². The predicted octanol–water partition coefficient (Wildman–Crippen LogP) is 3.08. The largest absolute Gasteiger partial charge is 0.444 e. The maximum absolute atomic E-state index is 12.5. The van der Waals surface area contributed by atoms with Crippen molar-refractivity contribution in [3.05, 3.63) is 0 Å². The Balaban J connectivity index is 1.89. The molecule has 1 saturated carbocycles. The van der Waals surface area contributed by atoms with Crippen molar-refractivity contribution < 1.29 is 14.3 Å². The highest BCUT2D eigenvalue weighted by Crippen LogP contribution is 2.25. The molecule has 2 amide bonds. The van der Waals surface area contributed by atoms with E-state index in [-0.39, 0.29) is 24.1 Å². The standard InChI is InChI=1S/C17H30N2O3/c1-12-7-9-13(10-8-12)18-15(20)14-6-5-11-19(14)16(21)22-17(2,3)4/h12-14H,5-11H2,1-4H3,(H,18,20)/t12?,13?,14-/m1/s1. The molecule has 0 spiro atoms. The van der Waals surface area contributed by atoms with Crippen molar-refractivity contribution in [1.29, 1.82) is 0 Å². The van der Waals surface area contributed by atoms with Gasteiger partial charge in [-0.25, -0.2) is 4.79 Å². The van der Waals surface area contributed by atoms with Crippen LogP contribution in [-0.4, -0.2) is 41.1 Å². The first-order chi connectivity index (χ1) is 10.3. The lowest BCUT2D eigenvalue weighted by atomic mass is 9.87. The molecule has 22 heavy (non-hydrogen) atoms. The van der Waals surface area contributed by atoms with Gasteiger partial charge >= 0.3 is 6.09 Å². The van der Waals surface area contributed by atoms with Crippen molar-refractivity contribution in [3.63, 3.8) is 0 Å². The van der Waals surface area contributed by atoms with E-state index in [2.05, 4.69) is 12.2 Å². The van der Waals surface area contributed by atoms with E-state index in [1.54, 1.807) is 4.90 Å². The zero-order chi connectivity index (χ0) is 16.3. The molecule has 2 fully saturated rings. The number of likely N-dealkylation sites (tertiary alicyclic amines) is 1. The van der Waals surface area contributed by atoms with E-state index in [1.165, 1.54) is 12.8 Å². The fourth-order valence-electron chi connectivity index (χ4n) is 3.28. The van der Waals surface area contributed by atoms with E-state index in [9.17, 15) is 9.59 Å². The number of rotatable bonds is 2. The molecule has 1 aliphatic carbocycles. The molecule has 1 N–H and O–H groups in total. The quantitative estimate of drug-likeness (QED) is 0.852. The van der Waals surface area contributed by atoms with Crippen molar-refractivity contribution in [3.8, 4) is 0 Å². The fourth-order valence-corrected chi connectivity index (χ4v) is 3.28. The number of hydrogen-bond donors (Lipinski definition) is 1. The summed E-state index contributed by atoms with van der Waals surface area (Å²) in [5, 5.41) is 3.14. The Labute approximate surface area is 133 Å². The van der Waals surface area contributed by atoms with Crippen molar-refractivity contribution in [2.75, 3.05) is 6.54 Å². The van der Waals surface area contributed by atoms with Gasteiger partial charge in [-0.1, -0.05) is 6.92 Å². The van der Waals surface area contributed by atoms with E-state index in [4.69, 9.17) is 4.74 Å². The second-order valence-corrected chi connectivity index (χ2v) is 7.80. The second kappa shape index (κ2) is 6.88. The van der Waals surface area contributed by atoms with Crippen LogP contribution in [0.5, 0.6) is 0 Å². The SMILES string of the molecule is CC1CCC(NC(=O)[C@H]2CCCN2C(=O)OC(C)(C)C)CC1. The van der Waals surface area contributed by atoms with Crippen LogP contribution in [0.4, 0.5) is 4.79 Å². The highest BCUT2D eigenvalue weighted by Gasteiger charge is 2.37. The van der Waals surface area contributed by atoms with Crippen LogP contribution >= 0.6 is 0 Å². The molecular formula is C17H30N2O3. The van der Waals surface area contributed by atoms with Crippen LogP contribution in [0.15, 0.2) is 0 Å². The third-order valence-electron chi connectivity index (χ3n) is 4.55. The molecule has 126 valence electrons. The van der Waals surface area contributed by atoms with Crippen molar-refractivity contribution in [2.45, 2.75) is 83.9 Å². The summed E-state index contributed by atoms with van der Waals surface area (Å²) in [7, 11) is 0. The lowest BCUT2D eigenvalue weighted by Gasteiger charge is -2.31. The van der Waals surface area contributed by atoms with E-state index < -0.39 is 5.60 Å². The minimum Gasteiger partial charge on any atom is -0.444 e. The molecule has 0 aromatic rings. The van der Waals surface area contributed by atoms with Crippen molar-refractivity contribution >= 4 is 12.0 Å². The first-order valence-corrected chi connectivity index (χ1v) is 8.56. The average Bonchev–Trinajstić information content (AvgIpc) is 2.89. The summed E-state index contributed by atoms with van der Waals surface area (Å²) < 4.78 is 5.41. The molecule has 0 unspecified atom stereocenters. The van der Waals surface area contributed by atoms with Gasteiger partial charge in [0.05, 0.1) is 0 Å². The Hall–Kier alpha value is -1.26. The number of nitrogens with zero attached hydrogens (tertiary/aromatic N) is 1. The fraction of sp³-hybridized carbons (Fsp3) is 0.882. The van der Waals surface area contributed by atoms with Gasteiger partial charge in [-0.15, -0.1) is 0 Å². The average molecular weight is 310 g/mol. The third kappa shape index (κ3) is 4.62. The Morgan fingerprint density at radius 2 is 1.73 bits per heavy atom. The number of amides is 2. The summed E-state index contributed by atoms with van der Waals surface area (Å²) in [5.41, 5.74) is -0.528. The van der Waals surface area contributed by atoms with Crippen molar-refractivity contribution in [1.82, 2.24) is 10.2 Å². The first-order valence-electron chi connectivity index (χ1n) is 8.56. The van der Waals surface area contributed by atoms with Gasteiger partial charge in [-0.3, -0.25) is 9.69 Å². The summed E-state index contributed by atoms with van der Waals surface area (Å²) in [6.45, 7) is 8.41. The van der Waals surface area contributed by atoms with Gasteiger partial charge in [0.25, 0.3) is 0 Å². The maximum atomic E-state index is 12.5. The van der Waals surface area contributed by atoms with Gasteiger partial charge in [0.15, 0.2) is 0 Å². The zero-order valence-electron chi connectivity index (χ0n) is 14.4. The molecule has 0 aromatic heterocycles. The van der Waals surface area contributed by atoms with Crippen LogP contribution in [0.1, 0.15) is 66.2 Å². The molecule has 2 aliphatic rings. The van der Waals surface area contributed by atoms with Gasteiger partial charge in [0.1, 0.15) is 11.6 Å². The minimum atomic E-state index is -0.528. The van der Waals surface area contributed by atoms with Crippen LogP contribution in [0.2, 0.25) is 0 Å². The van der Waals surface area contributed by atoms with Crippen LogP contribution in [0.25, 0.3) is 0 Å². The molecule has 2 rings (SSSR count). The molecule has 1 atom stereocenters. The maximum Gasteiger partial charge on any atom is 0.410 e. The van der Waals surface area contributed by atoms with Crippen LogP contribution in [0.3, 0.4) is 0 Å². The van der Waals surface area contributed by atoms with Gasteiger partial charge in [0.2, 0.25) is 5.91 Å². The lowest BCUT2D eigenvalue weighted by Crippen LogP contribution is -2.50. The lowest BCUT2D eigenvalue weighted by molar-refractivity contribution is -0.126. The van der Waals surface area contributed by atoms with E-state index in [0.29, 0.717) is 6.54 Å². The summed E-state index contributed by atoms with van der Waals surface area (Å²) in [6, 6.07) is -0.0982. The van der Waals surface area contributed by atoms with Crippen LogP contribution in [0, 0.1) is 5.92 Å². The Morgan fingerprint density at radius 3 is 2.32 bits per heavy atom. The smallest absolute Gasteiger partial charge is 0.410 e. The summed E-state index contributed by atoms with van der Waals surface area (Å²) in [5.74, 6) is 0.751. The topological polar surface area (TPSA) is 58.6 Å². The van der Waals surface area contributed by atoms with E-state index in [1.807, 2.05) is 20.8 Å². The molecule has 1 saturated heterocycles. The van der Waals surface area contributed by atoms with Gasteiger partial charge in [0, 0.05) is 12.6 Å². The van der Waals surface area contributed by atoms with Gasteiger partial charge in [-0.2, -0.15) is 0 Å². The minimum absolute atomic E-state index is 0.0112. The molecule has 0 aromatic carbocycles. The van der Waals surface area contributed by atoms with E-state index >= 15 is 0 Å². The molecule has 5 heteroatoms. The van der Waals surface area contributed by atoms with Gasteiger partial charge in [-0.05, 0) is 65.2 Å². The van der Waals surface area contributed by atoms with E-state index in [0.717, 1.165) is 31.6 Å². The van der Waals surface area contributed by atoms with Crippen LogP contribution in [-0.2, 0) is 9.53 Å². The Morgan fingerprint density at radius 1 is 1.09 bits per heavy atom. The monoisotopic (exact) mass is 310 g/mol. The third-order valence-corrected chi connectivity index (χ3v) is 4.55. The number of carbonyl (C=O) groups is 2. The normalized spacial score (nSPS) is 29.3. The highest BCUT2D eigenvalue weighted by molar-refractivity contribution is 5.86. The molecule has 1 heterocycles. The Bertz CT molecular complexity index is 409. The summed E-state index contributed by atoms with van der Waals surface area (Å²) in [6.07, 6.45) is 5.66. The zero-order valence-corrected chi connectivity index (χ0v) is 14.4. The number of ether oxygens (including phenoxy) is 1. The number of carbonyl (C=O) groups excluding carboxylic acids is 2.